The number of amides is 1. The van der Waals surface area contributed by atoms with Crippen LogP contribution in [0, 0.1) is 0 Å². The zero-order valence-corrected chi connectivity index (χ0v) is 7.00. The number of β-lactam (4-membered cyclic amide) rings is 1. The third-order valence-corrected chi connectivity index (χ3v) is 3.07. The number of hydrogen-bond donors (Lipinski definition) is 1. The van der Waals surface area contributed by atoms with Crippen LogP contribution in [0.5, 0.6) is 0 Å². The molecule has 1 amide bonds. The van der Waals surface area contributed by atoms with Gasteiger partial charge in [0.05, 0.1) is 11.8 Å². The van der Waals surface area contributed by atoms with E-state index in [0.29, 0.717) is 12.2 Å². The van der Waals surface area contributed by atoms with Gasteiger partial charge in [-0.05, 0) is 6.08 Å². The monoisotopic (exact) mass is 233 g/mol. The summed E-state index contributed by atoms with van der Waals surface area (Å²) in [7, 11) is 0. The number of rotatable bonds is 1. The SMILES string of the molecule is O=C(O)C1=CCSC2CC(=O)N12.[NaH].[NaH]. The van der Waals surface area contributed by atoms with E-state index in [2.05, 4.69) is 0 Å². The first-order chi connectivity index (χ1) is 5.70. The molecule has 0 aromatic heterocycles. The standard InChI is InChI=1S/C7H7NO3S.2Na.2H/c9-5-3-6-8(5)4(7(10)11)1-2-12-6;;;;/h1,6H,2-3H2,(H,10,11);;;;. The van der Waals surface area contributed by atoms with Crippen molar-refractivity contribution in [2.45, 2.75) is 11.8 Å². The summed E-state index contributed by atoms with van der Waals surface area (Å²) in [6.45, 7) is 0. The molecule has 14 heavy (non-hydrogen) atoms. The molecule has 2 rings (SSSR count). The minimum atomic E-state index is -1.01. The molecule has 4 nitrogen and oxygen atoms in total. The molecule has 2 heterocycles. The molecule has 68 valence electrons. The molecule has 0 aromatic rings. The van der Waals surface area contributed by atoms with E-state index in [9.17, 15) is 9.59 Å². The van der Waals surface area contributed by atoms with Crippen LogP contribution in [-0.4, -0.2) is 92.1 Å². The third-order valence-electron chi connectivity index (χ3n) is 1.95. The molecular formula is C7H9NNa2O3S. The average molecular weight is 233 g/mol. The van der Waals surface area contributed by atoms with Crippen LogP contribution >= 0.6 is 11.8 Å². The first-order valence-corrected chi connectivity index (χ1v) is 4.62. The molecule has 0 aliphatic carbocycles. The van der Waals surface area contributed by atoms with Gasteiger partial charge in [-0.1, -0.05) is 0 Å². The molecule has 0 radical (unpaired) electrons. The Morgan fingerprint density at radius 2 is 2.21 bits per heavy atom. The Balaban J connectivity index is 0.000000845. The van der Waals surface area contributed by atoms with Crippen molar-refractivity contribution in [1.82, 2.24) is 4.90 Å². The normalized spacial score (nSPS) is 23.4. The van der Waals surface area contributed by atoms with Crippen LogP contribution in [0.2, 0.25) is 0 Å². The van der Waals surface area contributed by atoms with Crippen molar-refractivity contribution in [2.24, 2.45) is 0 Å². The van der Waals surface area contributed by atoms with Crippen molar-refractivity contribution < 1.29 is 14.7 Å². The number of carbonyl (C=O) groups is 2. The second-order valence-electron chi connectivity index (χ2n) is 2.65. The fourth-order valence-electron chi connectivity index (χ4n) is 1.34. The molecule has 0 saturated carbocycles. The number of carboxylic acids is 1. The molecule has 1 atom stereocenters. The molecule has 0 spiro atoms. The molecule has 2 aliphatic rings. The Morgan fingerprint density at radius 3 is 2.64 bits per heavy atom. The summed E-state index contributed by atoms with van der Waals surface area (Å²) in [6.07, 6.45) is 2.07. The summed E-state index contributed by atoms with van der Waals surface area (Å²) in [4.78, 5) is 23.0. The van der Waals surface area contributed by atoms with Gasteiger partial charge in [-0.2, -0.15) is 0 Å². The first-order valence-electron chi connectivity index (χ1n) is 3.57. The van der Waals surface area contributed by atoms with Crippen LogP contribution in [0.3, 0.4) is 0 Å². The Bertz CT molecular complexity index is 295. The Morgan fingerprint density at radius 1 is 1.57 bits per heavy atom. The van der Waals surface area contributed by atoms with Gasteiger partial charge in [0.15, 0.2) is 0 Å². The second kappa shape index (κ2) is 5.94. The van der Waals surface area contributed by atoms with Crippen molar-refractivity contribution in [3.8, 4) is 0 Å². The summed E-state index contributed by atoms with van der Waals surface area (Å²) >= 11 is 1.60. The Hall–Kier alpha value is 1.03. The van der Waals surface area contributed by atoms with Crippen molar-refractivity contribution in [3.63, 3.8) is 0 Å². The van der Waals surface area contributed by atoms with E-state index in [4.69, 9.17) is 5.11 Å². The molecule has 2 aliphatic heterocycles. The van der Waals surface area contributed by atoms with Crippen LogP contribution < -0.4 is 0 Å². The minimum absolute atomic E-state index is 0. The zero-order valence-electron chi connectivity index (χ0n) is 6.19. The van der Waals surface area contributed by atoms with E-state index in [1.165, 1.54) is 4.90 Å². The van der Waals surface area contributed by atoms with E-state index >= 15 is 0 Å². The fourth-order valence-corrected chi connectivity index (χ4v) is 2.45. The first kappa shape index (κ1) is 15.0. The van der Waals surface area contributed by atoms with Gasteiger partial charge < -0.3 is 5.11 Å². The number of nitrogens with zero attached hydrogens (tertiary/aromatic N) is 1. The number of carbonyl (C=O) groups excluding carboxylic acids is 1. The number of carboxylic acid groups (broad SMARTS) is 1. The molecule has 7 heteroatoms. The molecule has 0 aromatic carbocycles. The van der Waals surface area contributed by atoms with Gasteiger partial charge in [-0.25, -0.2) is 4.79 Å². The third kappa shape index (κ3) is 2.58. The molecular weight excluding hydrogens is 224 g/mol. The van der Waals surface area contributed by atoms with Crippen molar-refractivity contribution in [1.29, 1.82) is 0 Å². The zero-order chi connectivity index (χ0) is 8.72. The van der Waals surface area contributed by atoms with Crippen LogP contribution in [0.1, 0.15) is 6.42 Å². The van der Waals surface area contributed by atoms with Gasteiger partial charge in [0.1, 0.15) is 5.70 Å². The molecule has 1 saturated heterocycles. The van der Waals surface area contributed by atoms with Crippen molar-refractivity contribution in [2.75, 3.05) is 5.75 Å². The summed E-state index contributed by atoms with van der Waals surface area (Å²) in [5.41, 5.74) is 0.148. The van der Waals surface area contributed by atoms with Crippen LogP contribution in [0.4, 0.5) is 0 Å². The van der Waals surface area contributed by atoms with Crippen molar-refractivity contribution >= 4 is 82.8 Å². The molecule has 0 bridgehead atoms. The predicted molar refractivity (Wildman–Crippen MR) is 57.7 cm³/mol. The number of aliphatic carboxylic acids is 1. The van der Waals surface area contributed by atoms with E-state index in [1.54, 1.807) is 17.8 Å². The van der Waals surface area contributed by atoms with Gasteiger partial charge in [-0.15, -0.1) is 11.8 Å². The Kier molecular flexibility index (Phi) is 6.37. The maximum atomic E-state index is 11.0. The predicted octanol–water partition coefficient (Wildman–Crippen LogP) is -1.04. The second-order valence-corrected chi connectivity index (χ2v) is 3.86. The molecule has 1 unspecified atom stereocenters. The summed E-state index contributed by atoms with van der Waals surface area (Å²) in [5.74, 6) is -0.398. The van der Waals surface area contributed by atoms with Crippen LogP contribution in [0.15, 0.2) is 11.8 Å². The summed E-state index contributed by atoms with van der Waals surface area (Å²) < 4.78 is 0. The Labute approximate surface area is 130 Å². The maximum absolute atomic E-state index is 11.0. The number of fused-ring (bicyclic) bond motifs is 1. The van der Waals surface area contributed by atoms with E-state index in [1.807, 2.05) is 0 Å². The van der Waals surface area contributed by atoms with Crippen molar-refractivity contribution in [3.05, 3.63) is 11.8 Å². The summed E-state index contributed by atoms with van der Waals surface area (Å²) in [5, 5.41) is 8.78. The van der Waals surface area contributed by atoms with Crippen LogP contribution in [0.25, 0.3) is 0 Å². The van der Waals surface area contributed by atoms with E-state index in [0.717, 1.165) is 0 Å². The summed E-state index contributed by atoms with van der Waals surface area (Å²) in [6, 6.07) is 0. The average Bonchev–Trinajstić information content (AvgIpc) is 2.01. The topological polar surface area (TPSA) is 57.6 Å². The number of hydrogen-bond acceptors (Lipinski definition) is 3. The van der Waals surface area contributed by atoms with Gasteiger partial charge in [0.25, 0.3) is 0 Å². The quantitative estimate of drug-likeness (QED) is 0.464. The van der Waals surface area contributed by atoms with E-state index < -0.39 is 5.97 Å². The number of thioether (sulfide) groups is 1. The van der Waals surface area contributed by atoms with Gasteiger partial charge in [0, 0.05) is 5.75 Å². The fraction of sp³-hybridized carbons (Fsp3) is 0.429. The van der Waals surface area contributed by atoms with Gasteiger partial charge in [0.2, 0.25) is 5.91 Å². The molecule has 1 fully saturated rings. The van der Waals surface area contributed by atoms with Crippen LogP contribution in [-0.2, 0) is 9.59 Å². The van der Waals surface area contributed by atoms with Gasteiger partial charge >= 0.3 is 65.1 Å². The molecule has 1 N–H and O–H groups in total. The van der Waals surface area contributed by atoms with Gasteiger partial charge in [-0.3, -0.25) is 9.69 Å². The van der Waals surface area contributed by atoms with E-state index in [-0.39, 0.29) is 76.1 Å².